The summed E-state index contributed by atoms with van der Waals surface area (Å²) in [6.07, 6.45) is 6.03. The predicted molar refractivity (Wildman–Crippen MR) is 134 cm³/mol. The number of hydrazone groups is 1. The highest BCUT2D eigenvalue weighted by Crippen LogP contribution is 2.31. The number of benzene rings is 2. The second-order valence-corrected chi connectivity index (χ2v) is 8.40. The third kappa shape index (κ3) is 7.89. The second-order valence-electron chi connectivity index (χ2n) is 7.47. The van der Waals surface area contributed by atoms with E-state index in [1.54, 1.807) is 25.3 Å². The van der Waals surface area contributed by atoms with Crippen LogP contribution in [-0.4, -0.2) is 47.4 Å². The van der Waals surface area contributed by atoms with Gasteiger partial charge in [-0.3, -0.25) is 4.79 Å². The van der Waals surface area contributed by atoms with Crippen molar-refractivity contribution in [2.24, 2.45) is 5.10 Å². The van der Waals surface area contributed by atoms with Crippen molar-refractivity contribution in [2.75, 3.05) is 20.0 Å². The highest BCUT2D eigenvalue weighted by Gasteiger charge is 2.11. The van der Waals surface area contributed by atoms with E-state index in [2.05, 4.69) is 27.3 Å². The quantitative estimate of drug-likeness (QED) is 0.158. The van der Waals surface area contributed by atoms with Crippen molar-refractivity contribution in [3.05, 3.63) is 71.6 Å². The van der Waals surface area contributed by atoms with Gasteiger partial charge in [-0.25, -0.2) is 5.43 Å². The summed E-state index contributed by atoms with van der Waals surface area (Å²) in [5.74, 6) is 1.51. The first-order chi connectivity index (χ1) is 17.0. The summed E-state index contributed by atoms with van der Waals surface area (Å²) in [6.45, 7) is 3.68. The van der Waals surface area contributed by atoms with Gasteiger partial charge in [0.1, 0.15) is 5.75 Å². The van der Waals surface area contributed by atoms with Crippen molar-refractivity contribution in [3.63, 3.8) is 0 Å². The minimum Gasteiger partial charge on any atom is -0.504 e. The number of aromatic hydroxyl groups is 1. The van der Waals surface area contributed by atoms with E-state index < -0.39 is 0 Å². The largest absolute Gasteiger partial charge is 0.504 e. The summed E-state index contributed by atoms with van der Waals surface area (Å²) in [5.41, 5.74) is 4.99. The van der Waals surface area contributed by atoms with Crippen molar-refractivity contribution in [1.82, 2.24) is 15.6 Å². The van der Waals surface area contributed by atoms with Gasteiger partial charge in [0.15, 0.2) is 11.5 Å². The van der Waals surface area contributed by atoms with Crippen LogP contribution < -0.4 is 14.9 Å². The number of phenolic OH excluding ortho intramolecular Hbond substituents is 1. The zero-order chi connectivity index (χ0) is 25.0. The summed E-state index contributed by atoms with van der Waals surface area (Å²) in [6, 6.07) is 11.3. The molecule has 0 unspecified atom stereocenters. The molecule has 0 fully saturated rings. The van der Waals surface area contributed by atoms with E-state index >= 15 is 0 Å². The van der Waals surface area contributed by atoms with Crippen molar-refractivity contribution in [2.45, 2.75) is 30.9 Å². The average molecular weight is 497 g/mol. The molecule has 0 saturated carbocycles. The van der Waals surface area contributed by atoms with Crippen LogP contribution in [-0.2, 0) is 24.1 Å². The van der Waals surface area contributed by atoms with Crippen LogP contribution in [0.3, 0.4) is 0 Å². The van der Waals surface area contributed by atoms with Gasteiger partial charge in [-0.15, -0.1) is 16.8 Å². The van der Waals surface area contributed by atoms with E-state index in [1.165, 1.54) is 18.9 Å². The maximum atomic E-state index is 12.1. The van der Waals surface area contributed by atoms with Crippen LogP contribution in [0.25, 0.3) is 0 Å². The lowest BCUT2D eigenvalue weighted by atomic mass is 10.1. The van der Waals surface area contributed by atoms with E-state index in [0.29, 0.717) is 40.8 Å². The number of aromatic nitrogens is 2. The topological polar surface area (TPSA) is 119 Å². The zero-order valence-corrected chi connectivity index (χ0v) is 20.5. The van der Waals surface area contributed by atoms with Crippen molar-refractivity contribution < 1.29 is 23.8 Å². The lowest BCUT2D eigenvalue weighted by Gasteiger charge is -2.09. The Morgan fingerprint density at radius 3 is 2.71 bits per heavy atom. The number of ether oxygens (including phenoxy) is 2. The van der Waals surface area contributed by atoms with E-state index in [1.807, 2.05) is 24.3 Å². The van der Waals surface area contributed by atoms with E-state index in [0.717, 1.165) is 30.4 Å². The van der Waals surface area contributed by atoms with Crippen LogP contribution in [0.15, 0.2) is 63.8 Å². The number of phenols is 1. The molecule has 3 aromatic rings. The van der Waals surface area contributed by atoms with Crippen LogP contribution in [0.4, 0.5) is 0 Å². The highest BCUT2D eigenvalue weighted by atomic mass is 32.2. The molecule has 10 heteroatoms. The van der Waals surface area contributed by atoms with Crippen molar-refractivity contribution >= 4 is 23.9 Å². The van der Waals surface area contributed by atoms with Gasteiger partial charge in [-0.1, -0.05) is 30.0 Å². The molecule has 3 rings (SSSR count). The van der Waals surface area contributed by atoms with Gasteiger partial charge in [0.2, 0.25) is 5.89 Å². The number of methoxy groups -OCH3 is 2. The Morgan fingerprint density at radius 2 is 2.00 bits per heavy atom. The number of carbonyl (C=O) groups is 1. The molecule has 0 radical (unpaired) electrons. The molecule has 2 N–H and O–H groups in total. The molecule has 1 heterocycles. The van der Waals surface area contributed by atoms with E-state index in [9.17, 15) is 9.90 Å². The Kier molecular flexibility index (Phi) is 9.73. The Bertz CT molecular complexity index is 1160. The minimum atomic E-state index is -0.317. The molecule has 0 aliphatic heterocycles. The van der Waals surface area contributed by atoms with Crippen LogP contribution in [0.1, 0.15) is 29.0 Å². The Labute approximate surface area is 208 Å². The fourth-order valence-corrected chi connectivity index (χ4v) is 3.78. The first kappa shape index (κ1) is 25.8. The van der Waals surface area contributed by atoms with Crippen LogP contribution >= 0.6 is 11.8 Å². The number of aryl methyl sites for hydroxylation is 2. The molecule has 1 amide bonds. The monoisotopic (exact) mass is 496 g/mol. The van der Waals surface area contributed by atoms with Gasteiger partial charge >= 0.3 is 0 Å². The molecular formula is C25H28N4O5S. The maximum Gasteiger partial charge on any atom is 0.277 e. The summed E-state index contributed by atoms with van der Waals surface area (Å²) in [7, 11) is 3.11. The van der Waals surface area contributed by atoms with Crippen LogP contribution in [0.5, 0.6) is 17.2 Å². The number of allylic oxidation sites excluding steroid dienone is 1. The Balaban J connectivity index is 1.42. The fourth-order valence-electron chi connectivity index (χ4n) is 3.20. The van der Waals surface area contributed by atoms with Gasteiger partial charge in [0.25, 0.3) is 11.1 Å². The molecule has 0 aliphatic carbocycles. The third-order valence-corrected chi connectivity index (χ3v) is 5.77. The molecular weight excluding hydrogens is 468 g/mol. The smallest absolute Gasteiger partial charge is 0.277 e. The van der Waals surface area contributed by atoms with Crippen molar-refractivity contribution in [1.29, 1.82) is 0 Å². The van der Waals surface area contributed by atoms with Gasteiger partial charge < -0.3 is 19.0 Å². The standard InChI is InChI=1S/C25H28N4O5S/c1-4-6-19-13-18(14-21(33-3)24(19)31)15-26-27-22(30)16-35-25-29-28-23(34-25)8-5-7-17-9-11-20(32-2)12-10-17/h4,9-15,31H,1,5-8,16H2,2-3H3,(H,27,30)/b26-15-. The van der Waals surface area contributed by atoms with Gasteiger partial charge in [0.05, 0.1) is 26.2 Å². The third-order valence-electron chi connectivity index (χ3n) is 4.95. The molecule has 1 aromatic heterocycles. The number of nitrogens with zero attached hydrogens (tertiary/aromatic N) is 3. The maximum absolute atomic E-state index is 12.1. The number of carbonyl (C=O) groups excluding carboxylic acids is 1. The van der Waals surface area contributed by atoms with Gasteiger partial charge in [-0.05, 0) is 54.7 Å². The van der Waals surface area contributed by atoms with E-state index in [4.69, 9.17) is 13.9 Å². The second kappa shape index (κ2) is 13.2. The molecule has 184 valence electrons. The lowest BCUT2D eigenvalue weighted by molar-refractivity contribution is -0.118. The first-order valence-electron chi connectivity index (χ1n) is 10.9. The molecule has 0 aliphatic rings. The summed E-state index contributed by atoms with van der Waals surface area (Å²) in [4.78, 5) is 12.1. The first-order valence-corrected chi connectivity index (χ1v) is 11.9. The van der Waals surface area contributed by atoms with Crippen LogP contribution in [0, 0.1) is 0 Å². The minimum absolute atomic E-state index is 0.0599. The Morgan fingerprint density at radius 1 is 1.20 bits per heavy atom. The molecule has 35 heavy (non-hydrogen) atoms. The number of hydrogen-bond acceptors (Lipinski definition) is 9. The number of rotatable bonds is 13. The normalized spacial score (nSPS) is 10.9. The van der Waals surface area contributed by atoms with Crippen molar-refractivity contribution in [3.8, 4) is 17.2 Å². The Hall–Kier alpha value is -3.79. The molecule has 0 saturated heterocycles. The molecule has 0 bridgehead atoms. The molecule has 9 nitrogen and oxygen atoms in total. The average Bonchev–Trinajstić information content (AvgIpc) is 3.33. The van der Waals surface area contributed by atoms with Gasteiger partial charge in [-0.2, -0.15) is 5.10 Å². The zero-order valence-electron chi connectivity index (χ0n) is 19.7. The molecule has 2 aromatic carbocycles. The summed E-state index contributed by atoms with van der Waals surface area (Å²) >= 11 is 1.14. The highest BCUT2D eigenvalue weighted by molar-refractivity contribution is 7.99. The SMILES string of the molecule is C=CCc1cc(/C=N\NC(=O)CSc2nnc(CCCc3ccc(OC)cc3)o2)cc(OC)c1O. The molecule has 0 spiro atoms. The van der Waals surface area contributed by atoms with E-state index in [-0.39, 0.29) is 17.4 Å². The van der Waals surface area contributed by atoms with Crippen LogP contribution in [0.2, 0.25) is 0 Å². The fraction of sp³-hybridized carbons (Fsp3) is 0.280. The van der Waals surface area contributed by atoms with Gasteiger partial charge in [0, 0.05) is 12.0 Å². The number of hydrogen-bond donors (Lipinski definition) is 2. The number of amides is 1. The lowest BCUT2D eigenvalue weighted by Crippen LogP contribution is -2.19. The summed E-state index contributed by atoms with van der Waals surface area (Å²) < 4.78 is 16.0. The summed E-state index contributed by atoms with van der Waals surface area (Å²) in [5, 5.41) is 22.5. The number of thioether (sulfide) groups is 1. The predicted octanol–water partition coefficient (Wildman–Crippen LogP) is 3.94. The number of nitrogens with one attached hydrogen (secondary N) is 1. The molecule has 0 atom stereocenters.